The van der Waals surface area contributed by atoms with Crippen LogP contribution in [0.5, 0.6) is 5.75 Å². The number of aliphatic hydroxyl groups excluding tert-OH is 2. The van der Waals surface area contributed by atoms with E-state index in [9.17, 15) is 10.4 Å². The third kappa shape index (κ3) is 6.15. The lowest BCUT2D eigenvalue weighted by Gasteiger charge is -2.44. The average molecular weight is 507 g/mol. The minimum Gasteiger partial charge on any atom is -0.491 e. The molecule has 0 bridgehead atoms. The molecule has 1 aromatic heterocycles. The lowest BCUT2D eigenvalue weighted by atomic mass is 9.99. The van der Waals surface area contributed by atoms with E-state index in [1.165, 1.54) is 0 Å². The second-order valence-corrected chi connectivity index (χ2v) is 9.27. The number of aromatic nitrogens is 1. The minimum atomic E-state index is -0.617. The number of pyridine rings is 1. The number of hydrogen-bond donors (Lipinski definition) is 2. The molecule has 188 valence electrons. The van der Waals surface area contributed by atoms with Gasteiger partial charge in [-0.25, -0.2) is 0 Å². The number of aliphatic hydroxyl groups is 2. The largest absolute Gasteiger partial charge is 0.491 e. The molecular formula is C28H31ClN4O3. The Hall–Kier alpha value is -3.15. The van der Waals surface area contributed by atoms with Gasteiger partial charge in [-0.3, -0.25) is 9.88 Å². The zero-order valence-corrected chi connectivity index (χ0v) is 21.1. The van der Waals surface area contributed by atoms with E-state index >= 15 is 0 Å². The van der Waals surface area contributed by atoms with Crippen molar-refractivity contribution < 1.29 is 14.9 Å². The van der Waals surface area contributed by atoms with Gasteiger partial charge in [0.05, 0.1) is 30.0 Å². The van der Waals surface area contributed by atoms with Gasteiger partial charge in [-0.05, 0) is 60.0 Å². The molecular weight excluding hydrogens is 476 g/mol. The Kier molecular flexibility index (Phi) is 8.79. The predicted molar refractivity (Wildman–Crippen MR) is 140 cm³/mol. The number of halogens is 1. The number of ether oxygens (including phenoxy) is 1. The Bertz CT molecular complexity index is 1200. The van der Waals surface area contributed by atoms with Crippen LogP contribution in [-0.4, -0.2) is 59.5 Å². The molecule has 0 spiro atoms. The number of piperazine rings is 1. The number of nitriles is 1. The molecule has 1 aliphatic heterocycles. The fraction of sp³-hybridized carbons (Fsp3) is 0.357. The van der Waals surface area contributed by atoms with Crippen LogP contribution in [0.3, 0.4) is 0 Å². The van der Waals surface area contributed by atoms with Gasteiger partial charge in [-0.1, -0.05) is 30.7 Å². The third-order valence-corrected chi connectivity index (χ3v) is 6.75. The van der Waals surface area contributed by atoms with E-state index in [1.807, 2.05) is 48.5 Å². The minimum absolute atomic E-state index is 0.0387. The number of aryl methyl sites for hydroxylation is 1. The first-order valence-electron chi connectivity index (χ1n) is 12.2. The summed E-state index contributed by atoms with van der Waals surface area (Å²) in [4.78, 5) is 8.84. The summed E-state index contributed by atoms with van der Waals surface area (Å²) in [7, 11) is 0. The highest BCUT2D eigenvalue weighted by atomic mass is 35.5. The SMILES string of the molecule is CCc1cc([C@H](O)CN2CCN(c3ccc(OCCO)cc3C#N)[C@H](c3ccc(Cl)cc3)C2)ccn1. The van der Waals surface area contributed by atoms with E-state index in [-0.39, 0.29) is 19.3 Å². The molecule has 0 radical (unpaired) electrons. The van der Waals surface area contributed by atoms with Crippen LogP contribution in [-0.2, 0) is 6.42 Å². The second-order valence-electron chi connectivity index (χ2n) is 8.83. The molecule has 3 aromatic rings. The topological polar surface area (TPSA) is 92.9 Å². The normalized spacial score (nSPS) is 17.0. The van der Waals surface area contributed by atoms with Crippen molar-refractivity contribution >= 4 is 17.3 Å². The highest BCUT2D eigenvalue weighted by Crippen LogP contribution is 2.35. The fourth-order valence-corrected chi connectivity index (χ4v) is 4.75. The van der Waals surface area contributed by atoms with Crippen molar-refractivity contribution in [3.63, 3.8) is 0 Å². The molecule has 7 nitrogen and oxygen atoms in total. The standard InChI is InChI=1S/C28H31ClN4O3/c1-2-24-15-21(9-10-31-24)28(35)19-32-11-12-33(27(18-32)20-3-5-23(29)6-4-20)26-8-7-25(36-14-13-34)16-22(26)17-30/h3-10,15-16,27-28,34-35H,2,11-14,18-19H2,1H3/t27-,28+/m0/s1. The van der Waals surface area contributed by atoms with E-state index < -0.39 is 6.10 Å². The van der Waals surface area contributed by atoms with Gasteiger partial charge >= 0.3 is 0 Å². The Labute approximate surface area is 217 Å². The van der Waals surface area contributed by atoms with Gasteiger partial charge in [0.15, 0.2) is 0 Å². The second kappa shape index (κ2) is 12.2. The van der Waals surface area contributed by atoms with Gasteiger partial charge in [0, 0.05) is 43.1 Å². The number of β-amino-alcohol motifs (C(OH)–C–C–N with tert-alkyl or cyclic N) is 1. The van der Waals surface area contributed by atoms with Crippen LogP contribution in [0.4, 0.5) is 5.69 Å². The van der Waals surface area contributed by atoms with Crippen LogP contribution in [0.15, 0.2) is 60.8 Å². The van der Waals surface area contributed by atoms with Crippen molar-refractivity contribution in [1.82, 2.24) is 9.88 Å². The maximum absolute atomic E-state index is 11.0. The van der Waals surface area contributed by atoms with E-state index in [0.717, 1.165) is 35.5 Å². The summed E-state index contributed by atoms with van der Waals surface area (Å²) in [6, 6.07) is 19.3. The van der Waals surface area contributed by atoms with Crippen LogP contribution in [0.1, 0.15) is 41.5 Å². The highest BCUT2D eigenvalue weighted by molar-refractivity contribution is 6.30. The van der Waals surface area contributed by atoms with E-state index in [4.69, 9.17) is 21.4 Å². The van der Waals surface area contributed by atoms with Crippen LogP contribution in [0.25, 0.3) is 0 Å². The predicted octanol–water partition coefficient (Wildman–Crippen LogP) is 4.14. The molecule has 1 aliphatic rings. The van der Waals surface area contributed by atoms with Crippen LogP contribution in [0.2, 0.25) is 5.02 Å². The zero-order chi connectivity index (χ0) is 25.5. The monoisotopic (exact) mass is 506 g/mol. The smallest absolute Gasteiger partial charge is 0.120 e. The molecule has 0 unspecified atom stereocenters. The van der Waals surface area contributed by atoms with Crippen molar-refractivity contribution in [2.75, 3.05) is 44.3 Å². The molecule has 2 N–H and O–H groups in total. The molecule has 0 aliphatic carbocycles. The van der Waals surface area contributed by atoms with Crippen molar-refractivity contribution in [2.45, 2.75) is 25.5 Å². The number of nitrogens with zero attached hydrogens (tertiary/aromatic N) is 4. The van der Waals surface area contributed by atoms with Gasteiger partial charge in [0.25, 0.3) is 0 Å². The van der Waals surface area contributed by atoms with Crippen molar-refractivity contribution in [1.29, 1.82) is 5.26 Å². The van der Waals surface area contributed by atoms with Crippen molar-refractivity contribution in [2.24, 2.45) is 0 Å². The Balaban J connectivity index is 1.59. The maximum Gasteiger partial charge on any atom is 0.120 e. The number of rotatable bonds is 9. The summed E-state index contributed by atoms with van der Waals surface area (Å²) in [6.07, 6.45) is 1.96. The molecule has 36 heavy (non-hydrogen) atoms. The van der Waals surface area contributed by atoms with E-state index in [2.05, 4.69) is 27.8 Å². The molecule has 0 amide bonds. The lowest BCUT2D eigenvalue weighted by molar-refractivity contribution is 0.100. The summed E-state index contributed by atoms with van der Waals surface area (Å²) in [6.45, 7) is 4.74. The fourth-order valence-electron chi connectivity index (χ4n) is 4.62. The molecule has 2 aromatic carbocycles. The van der Waals surface area contributed by atoms with Crippen molar-refractivity contribution in [3.05, 3.63) is 88.2 Å². The average Bonchev–Trinajstić information content (AvgIpc) is 2.92. The molecule has 1 fully saturated rings. The summed E-state index contributed by atoms with van der Waals surface area (Å²) in [5.74, 6) is 0.554. The van der Waals surface area contributed by atoms with Gasteiger partial charge in [-0.2, -0.15) is 5.26 Å². The van der Waals surface area contributed by atoms with Crippen LogP contribution >= 0.6 is 11.6 Å². The van der Waals surface area contributed by atoms with E-state index in [0.29, 0.717) is 36.0 Å². The van der Waals surface area contributed by atoms with Gasteiger partial charge in [0.2, 0.25) is 0 Å². The van der Waals surface area contributed by atoms with Gasteiger partial charge in [0.1, 0.15) is 18.4 Å². The first-order chi connectivity index (χ1) is 17.5. The van der Waals surface area contributed by atoms with Gasteiger partial charge in [-0.15, -0.1) is 0 Å². The summed E-state index contributed by atoms with van der Waals surface area (Å²) < 4.78 is 5.51. The summed E-state index contributed by atoms with van der Waals surface area (Å²) in [5, 5.41) is 30.6. The van der Waals surface area contributed by atoms with Crippen LogP contribution < -0.4 is 9.64 Å². The molecule has 2 atom stereocenters. The molecule has 8 heteroatoms. The first-order valence-corrected chi connectivity index (χ1v) is 12.5. The summed E-state index contributed by atoms with van der Waals surface area (Å²) >= 11 is 6.16. The van der Waals surface area contributed by atoms with Crippen molar-refractivity contribution in [3.8, 4) is 11.8 Å². The number of anilines is 1. The maximum atomic E-state index is 11.0. The first kappa shape index (κ1) is 25.9. The number of benzene rings is 2. The van der Waals surface area contributed by atoms with Gasteiger partial charge < -0.3 is 19.8 Å². The van der Waals surface area contributed by atoms with Crippen LogP contribution in [0, 0.1) is 11.3 Å². The lowest BCUT2D eigenvalue weighted by Crippen LogP contribution is -2.49. The number of hydrogen-bond acceptors (Lipinski definition) is 7. The Morgan fingerprint density at radius 3 is 2.69 bits per heavy atom. The summed E-state index contributed by atoms with van der Waals surface area (Å²) in [5.41, 5.74) is 4.26. The Morgan fingerprint density at radius 1 is 1.17 bits per heavy atom. The Morgan fingerprint density at radius 2 is 1.97 bits per heavy atom. The molecule has 4 rings (SSSR count). The molecule has 2 heterocycles. The quantitative estimate of drug-likeness (QED) is 0.450. The van der Waals surface area contributed by atoms with E-state index in [1.54, 1.807) is 12.3 Å². The molecule has 1 saturated heterocycles. The highest BCUT2D eigenvalue weighted by Gasteiger charge is 2.31. The molecule has 0 saturated carbocycles. The third-order valence-electron chi connectivity index (χ3n) is 6.50. The zero-order valence-electron chi connectivity index (χ0n) is 20.3.